The minimum Gasteiger partial charge on any atom is -0.341 e. The van der Waals surface area contributed by atoms with Crippen molar-refractivity contribution in [3.8, 4) is 0 Å². The molecule has 0 radical (unpaired) electrons. The molecule has 30 heavy (non-hydrogen) atoms. The van der Waals surface area contributed by atoms with Gasteiger partial charge in [0.1, 0.15) is 6.33 Å². The normalized spacial score (nSPS) is 11.8. The highest BCUT2D eigenvalue weighted by Crippen LogP contribution is 2.24. The van der Waals surface area contributed by atoms with E-state index in [2.05, 4.69) is 20.5 Å². The predicted molar refractivity (Wildman–Crippen MR) is 120 cm³/mol. The summed E-state index contributed by atoms with van der Waals surface area (Å²) < 4.78 is 0. The summed E-state index contributed by atoms with van der Waals surface area (Å²) in [5.74, 6) is 0.613. The summed E-state index contributed by atoms with van der Waals surface area (Å²) in [5.41, 5.74) is 3.69. The van der Waals surface area contributed by atoms with E-state index in [1.54, 1.807) is 11.8 Å². The molecular formula is C23H19ClN4OS. The van der Waals surface area contributed by atoms with Crippen molar-refractivity contribution in [1.29, 1.82) is 0 Å². The van der Waals surface area contributed by atoms with Crippen molar-refractivity contribution in [2.75, 3.05) is 0 Å². The third-order valence-corrected chi connectivity index (χ3v) is 5.80. The number of benzene rings is 3. The second-order valence-corrected chi connectivity index (χ2v) is 8.05. The van der Waals surface area contributed by atoms with Crippen molar-refractivity contribution in [2.45, 2.75) is 17.0 Å². The first-order valence-electron chi connectivity index (χ1n) is 9.37. The molecule has 0 aliphatic rings. The van der Waals surface area contributed by atoms with Crippen molar-refractivity contribution in [2.24, 2.45) is 0 Å². The van der Waals surface area contributed by atoms with E-state index >= 15 is 0 Å². The molecule has 0 saturated heterocycles. The molecule has 1 unspecified atom stereocenters. The minimum absolute atomic E-state index is 0.131. The lowest BCUT2D eigenvalue weighted by Crippen LogP contribution is -2.29. The number of carbonyl (C=O) groups excluding carboxylic acids is 1. The van der Waals surface area contributed by atoms with Crippen LogP contribution in [0.4, 0.5) is 0 Å². The molecule has 3 aromatic carbocycles. The maximum atomic E-state index is 13.0. The van der Waals surface area contributed by atoms with Gasteiger partial charge in [-0.05, 0) is 41.0 Å². The van der Waals surface area contributed by atoms with E-state index in [1.165, 1.54) is 6.33 Å². The standard InChI is InChI=1S/C23H19ClN4OS/c24-20-12-10-18(11-13-20)21(17-4-2-1-3-5-17)27-22(29)19-8-6-16(7-9-19)14-30-23-25-15-26-28-23/h1-13,15,21H,14H2,(H,27,29)(H,25,26,28). The summed E-state index contributed by atoms with van der Waals surface area (Å²) in [6.07, 6.45) is 1.49. The zero-order valence-corrected chi connectivity index (χ0v) is 17.5. The van der Waals surface area contributed by atoms with Crippen LogP contribution in [-0.4, -0.2) is 21.1 Å². The van der Waals surface area contributed by atoms with Gasteiger partial charge in [0, 0.05) is 16.3 Å². The fraction of sp³-hybridized carbons (Fsp3) is 0.0870. The van der Waals surface area contributed by atoms with E-state index in [-0.39, 0.29) is 11.9 Å². The van der Waals surface area contributed by atoms with E-state index in [0.717, 1.165) is 27.6 Å². The average Bonchev–Trinajstić information content (AvgIpc) is 3.31. The van der Waals surface area contributed by atoms with Gasteiger partial charge in [-0.2, -0.15) is 5.10 Å². The van der Waals surface area contributed by atoms with Gasteiger partial charge in [0.05, 0.1) is 6.04 Å². The monoisotopic (exact) mass is 434 g/mol. The van der Waals surface area contributed by atoms with Crippen LogP contribution in [0, 0.1) is 0 Å². The zero-order chi connectivity index (χ0) is 20.8. The van der Waals surface area contributed by atoms with Gasteiger partial charge in [0.2, 0.25) is 0 Å². The Morgan fingerprint density at radius 3 is 2.33 bits per heavy atom. The summed E-state index contributed by atoms with van der Waals surface area (Å²) in [4.78, 5) is 17.1. The number of nitrogens with one attached hydrogen (secondary N) is 2. The van der Waals surface area contributed by atoms with Crippen molar-refractivity contribution < 1.29 is 4.79 Å². The number of hydrogen-bond acceptors (Lipinski definition) is 4. The summed E-state index contributed by atoms with van der Waals surface area (Å²) in [7, 11) is 0. The second kappa shape index (κ2) is 9.61. The SMILES string of the molecule is O=C(NC(c1ccccc1)c1ccc(Cl)cc1)c1ccc(CSc2ncn[nH]2)cc1. The Bertz CT molecular complexity index is 1080. The molecule has 1 aromatic heterocycles. The quantitative estimate of drug-likeness (QED) is 0.389. The molecule has 0 bridgehead atoms. The number of rotatable bonds is 7. The molecule has 0 aliphatic carbocycles. The number of aromatic amines is 1. The first-order valence-corrected chi connectivity index (χ1v) is 10.7. The first kappa shape index (κ1) is 20.2. The predicted octanol–water partition coefficient (Wildman–Crippen LogP) is 5.27. The van der Waals surface area contributed by atoms with Crippen LogP contribution in [0.25, 0.3) is 0 Å². The van der Waals surface area contributed by atoms with Crippen LogP contribution in [0.2, 0.25) is 5.02 Å². The van der Waals surface area contributed by atoms with Crippen LogP contribution >= 0.6 is 23.4 Å². The number of aromatic nitrogens is 3. The number of nitrogens with zero attached hydrogens (tertiary/aromatic N) is 2. The van der Waals surface area contributed by atoms with Gasteiger partial charge < -0.3 is 5.32 Å². The highest BCUT2D eigenvalue weighted by Gasteiger charge is 2.18. The summed E-state index contributed by atoms with van der Waals surface area (Å²) in [6.45, 7) is 0. The number of halogens is 1. The summed E-state index contributed by atoms with van der Waals surface area (Å²) in [5, 5.41) is 11.2. The van der Waals surface area contributed by atoms with Crippen LogP contribution in [0.3, 0.4) is 0 Å². The number of hydrogen-bond donors (Lipinski definition) is 2. The summed E-state index contributed by atoms with van der Waals surface area (Å²) >= 11 is 7.60. The van der Waals surface area contributed by atoms with Crippen LogP contribution in [0.5, 0.6) is 0 Å². The Kier molecular flexibility index (Phi) is 6.47. The topological polar surface area (TPSA) is 70.7 Å². The second-order valence-electron chi connectivity index (χ2n) is 6.64. The fourth-order valence-corrected chi connectivity index (χ4v) is 3.90. The lowest BCUT2D eigenvalue weighted by Gasteiger charge is -2.20. The lowest BCUT2D eigenvalue weighted by atomic mass is 9.98. The third-order valence-electron chi connectivity index (χ3n) is 4.60. The Morgan fingerprint density at radius 1 is 0.967 bits per heavy atom. The number of thioether (sulfide) groups is 1. The smallest absolute Gasteiger partial charge is 0.252 e. The summed E-state index contributed by atoms with van der Waals surface area (Å²) in [6, 6.07) is 24.8. The molecule has 150 valence electrons. The van der Waals surface area contributed by atoms with Gasteiger partial charge in [-0.1, -0.05) is 78.0 Å². The van der Waals surface area contributed by atoms with Gasteiger partial charge >= 0.3 is 0 Å². The highest BCUT2D eigenvalue weighted by molar-refractivity contribution is 7.98. The molecule has 2 N–H and O–H groups in total. The van der Waals surface area contributed by atoms with Gasteiger partial charge in [0.15, 0.2) is 5.16 Å². The van der Waals surface area contributed by atoms with E-state index in [9.17, 15) is 4.79 Å². The van der Waals surface area contributed by atoms with Gasteiger partial charge in [0.25, 0.3) is 5.91 Å². The highest BCUT2D eigenvalue weighted by atomic mass is 35.5. The van der Waals surface area contributed by atoms with Crippen molar-refractivity contribution in [1.82, 2.24) is 20.5 Å². The van der Waals surface area contributed by atoms with E-state index < -0.39 is 0 Å². The maximum absolute atomic E-state index is 13.0. The Morgan fingerprint density at radius 2 is 1.67 bits per heavy atom. The van der Waals surface area contributed by atoms with E-state index in [0.29, 0.717) is 10.6 Å². The molecule has 4 rings (SSSR count). The van der Waals surface area contributed by atoms with E-state index in [1.807, 2.05) is 78.9 Å². The van der Waals surface area contributed by atoms with Crippen LogP contribution in [0.1, 0.15) is 33.1 Å². The van der Waals surface area contributed by atoms with Crippen molar-refractivity contribution >= 4 is 29.3 Å². The molecular weight excluding hydrogens is 416 g/mol. The molecule has 1 heterocycles. The largest absolute Gasteiger partial charge is 0.341 e. The molecule has 7 heteroatoms. The van der Waals surface area contributed by atoms with Gasteiger partial charge in [-0.3, -0.25) is 9.89 Å². The molecule has 0 spiro atoms. The Balaban J connectivity index is 1.48. The van der Waals surface area contributed by atoms with Crippen LogP contribution < -0.4 is 5.32 Å². The molecule has 1 amide bonds. The number of carbonyl (C=O) groups is 1. The van der Waals surface area contributed by atoms with E-state index in [4.69, 9.17) is 11.6 Å². The van der Waals surface area contributed by atoms with Gasteiger partial charge in [-0.25, -0.2) is 4.98 Å². The Hall–Kier alpha value is -3.09. The van der Waals surface area contributed by atoms with Crippen molar-refractivity contribution in [3.63, 3.8) is 0 Å². The van der Waals surface area contributed by atoms with Crippen LogP contribution in [-0.2, 0) is 5.75 Å². The molecule has 5 nitrogen and oxygen atoms in total. The minimum atomic E-state index is -0.266. The Labute approximate surface area is 183 Å². The molecule has 0 fully saturated rings. The molecule has 1 atom stereocenters. The molecule has 4 aromatic rings. The average molecular weight is 435 g/mol. The lowest BCUT2D eigenvalue weighted by molar-refractivity contribution is 0.0943. The first-order chi connectivity index (χ1) is 14.7. The van der Waals surface area contributed by atoms with Crippen molar-refractivity contribution in [3.05, 3.63) is 112 Å². The maximum Gasteiger partial charge on any atom is 0.252 e. The third kappa shape index (κ3) is 5.09. The fourth-order valence-electron chi connectivity index (χ4n) is 3.04. The number of amides is 1. The van der Waals surface area contributed by atoms with Crippen LogP contribution in [0.15, 0.2) is 90.3 Å². The van der Waals surface area contributed by atoms with Gasteiger partial charge in [-0.15, -0.1) is 0 Å². The number of H-pyrrole nitrogens is 1. The molecule has 0 aliphatic heterocycles. The zero-order valence-electron chi connectivity index (χ0n) is 16.0. The molecule has 0 saturated carbocycles.